The van der Waals surface area contributed by atoms with E-state index in [2.05, 4.69) is 5.32 Å². The van der Waals surface area contributed by atoms with Crippen molar-refractivity contribution in [1.29, 1.82) is 0 Å². The molecule has 2 fully saturated rings. The van der Waals surface area contributed by atoms with Gasteiger partial charge in [0.2, 0.25) is 0 Å². The Morgan fingerprint density at radius 3 is 2.76 bits per heavy atom. The molecule has 0 aliphatic carbocycles. The van der Waals surface area contributed by atoms with Crippen molar-refractivity contribution in [2.45, 2.75) is 37.8 Å². The van der Waals surface area contributed by atoms with Gasteiger partial charge in [-0.25, -0.2) is 4.79 Å². The number of nitrogens with one attached hydrogen (secondary N) is 1. The lowest BCUT2D eigenvalue weighted by molar-refractivity contribution is -0.150. The number of nitrogens with zero attached hydrogens (tertiary/aromatic N) is 1. The summed E-state index contributed by atoms with van der Waals surface area (Å²) in [6, 6.07) is 8.47. The summed E-state index contributed by atoms with van der Waals surface area (Å²) in [4.78, 5) is 38.1. The molecule has 2 heterocycles. The van der Waals surface area contributed by atoms with E-state index in [0.717, 1.165) is 17.7 Å². The summed E-state index contributed by atoms with van der Waals surface area (Å²) < 4.78 is 10.5. The van der Waals surface area contributed by atoms with Crippen LogP contribution in [0.4, 0.5) is 4.79 Å². The van der Waals surface area contributed by atoms with Crippen LogP contribution in [0.15, 0.2) is 30.3 Å². The van der Waals surface area contributed by atoms with E-state index in [1.807, 2.05) is 25.1 Å². The SMILES string of the molecule is CC[C@]1(c2ccccc2)NC(=O)N(CC(=O)OC[C@H]2CCCO2)C1=O. The van der Waals surface area contributed by atoms with E-state index in [-0.39, 0.29) is 12.7 Å². The van der Waals surface area contributed by atoms with Crippen LogP contribution in [-0.2, 0) is 24.6 Å². The molecule has 3 rings (SSSR count). The van der Waals surface area contributed by atoms with Crippen molar-refractivity contribution in [3.63, 3.8) is 0 Å². The highest BCUT2D eigenvalue weighted by molar-refractivity contribution is 6.09. The average molecular weight is 346 g/mol. The van der Waals surface area contributed by atoms with Crippen molar-refractivity contribution in [3.8, 4) is 0 Å². The number of benzene rings is 1. The molecule has 2 saturated heterocycles. The zero-order valence-electron chi connectivity index (χ0n) is 14.2. The van der Waals surface area contributed by atoms with Crippen molar-refractivity contribution in [2.24, 2.45) is 0 Å². The Morgan fingerprint density at radius 2 is 2.12 bits per heavy atom. The maximum atomic E-state index is 12.9. The van der Waals surface area contributed by atoms with E-state index < -0.39 is 30.0 Å². The fraction of sp³-hybridized carbons (Fsp3) is 0.500. The Bertz CT molecular complexity index is 657. The molecule has 134 valence electrons. The first-order valence-corrected chi connectivity index (χ1v) is 8.53. The van der Waals surface area contributed by atoms with E-state index in [1.54, 1.807) is 12.1 Å². The molecule has 0 spiro atoms. The maximum absolute atomic E-state index is 12.9. The number of hydrogen-bond acceptors (Lipinski definition) is 5. The predicted molar refractivity (Wildman–Crippen MR) is 88.6 cm³/mol. The molecule has 0 saturated carbocycles. The van der Waals surface area contributed by atoms with Crippen LogP contribution in [-0.4, -0.2) is 48.7 Å². The van der Waals surface area contributed by atoms with Gasteiger partial charge in [0.05, 0.1) is 6.10 Å². The molecule has 7 nitrogen and oxygen atoms in total. The standard InChI is InChI=1S/C18H22N2O5/c1-2-18(13-7-4-3-5-8-13)16(22)20(17(23)19-18)11-15(21)25-12-14-9-6-10-24-14/h3-5,7-8,14H,2,6,9-12H2,1H3,(H,19,23)/t14-,18-/m1/s1. The number of rotatable bonds is 6. The van der Waals surface area contributed by atoms with Gasteiger partial charge < -0.3 is 14.8 Å². The number of ether oxygens (including phenoxy) is 2. The molecule has 0 radical (unpaired) electrons. The zero-order valence-corrected chi connectivity index (χ0v) is 14.2. The quantitative estimate of drug-likeness (QED) is 0.624. The van der Waals surface area contributed by atoms with Gasteiger partial charge in [-0.05, 0) is 24.8 Å². The fourth-order valence-electron chi connectivity index (χ4n) is 3.27. The van der Waals surface area contributed by atoms with Gasteiger partial charge in [-0.1, -0.05) is 37.3 Å². The summed E-state index contributed by atoms with van der Waals surface area (Å²) in [5.41, 5.74) is -0.432. The zero-order chi connectivity index (χ0) is 17.9. The molecule has 1 aromatic carbocycles. The number of imide groups is 1. The van der Waals surface area contributed by atoms with E-state index in [9.17, 15) is 14.4 Å². The highest BCUT2D eigenvalue weighted by Gasteiger charge is 2.51. The number of amides is 3. The molecule has 0 bridgehead atoms. The average Bonchev–Trinajstić information content (AvgIpc) is 3.23. The van der Waals surface area contributed by atoms with Crippen LogP contribution < -0.4 is 5.32 Å². The van der Waals surface area contributed by atoms with E-state index in [4.69, 9.17) is 9.47 Å². The molecular weight excluding hydrogens is 324 g/mol. The van der Waals surface area contributed by atoms with Gasteiger partial charge in [-0.15, -0.1) is 0 Å². The third-order valence-corrected chi connectivity index (χ3v) is 4.71. The molecule has 0 aromatic heterocycles. The monoisotopic (exact) mass is 346 g/mol. The predicted octanol–water partition coefficient (Wildman–Crippen LogP) is 1.57. The Morgan fingerprint density at radius 1 is 1.36 bits per heavy atom. The molecule has 7 heteroatoms. The summed E-state index contributed by atoms with van der Waals surface area (Å²) in [6.07, 6.45) is 2.10. The highest BCUT2D eigenvalue weighted by Crippen LogP contribution is 2.32. The van der Waals surface area contributed by atoms with E-state index >= 15 is 0 Å². The molecular formula is C18H22N2O5. The van der Waals surface area contributed by atoms with Gasteiger partial charge in [-0.3, -0.25) is 14.5 Å². The topological polar surface area (TPSA) is 84.9 Å². The number of hydrogen-bond donors (Lipinski definition) is 1. The minimum Gasteiger partial charge on any atom is -0.462 e. The maximum Gasteiger partial charge on any atom is 0.326 e. The van der Waals surface area contributed by atoms with Crippen molar-refractivity contribution in [3.05, 3.63) is 35.9 Å². The lowest BCUT2D eigenvalue weighted by Gasteiger charge is -2.25. The number of carbonyl (C=O) groups excluding carboxylic acids is 3. The number of carbonyl (C=O) groups is 3. The smallest absolute Gasteiger partial charge is 0.326 e. The lowest BCUT2D eigenvalue weighted by Crippen LogP contribution is -2.44. The minimum atomic E-state index is -1.13. The highest BCUT2D eigenvalue weighted by atomic mass is 16.6. The van der Waals surface area contributed by atoms with Crippen LogP contribution in [0.2, 0.25) is 0 Å². The van der Waals surface area contributed by atoms with Gasteiger partial charge in [0.1, 0.15) is 18.7 Å². The van der Waals surface area contributed by atoms with Crippen molar-refractivity contribution < 1.29 is 23.9 Å². The Kier molecular flexibility index (Phi) is 5.03. The summed E-state index contributed by atoms with van der Waals surface area (Å²) in [5, 5.41) is 2.74. The van der Waals surface area contributed by atoms with Crippen molar-refractivity contribution >= 4 is 17.9 Å². The van der Waals surface area contributed by atoms with E-state index in [0.29, 0.717) is 18.6 Å². The first-order chi connectivity index (χ1) is 12.1. The van der Waals surface area contributed by atoms with Crippen LogP contribution in [0.1, 0.15) is 31.7 Å². The van der Waals surface area contributed by atoms with E-state index in [1.165, 1.54) is 0 Å². The van der Waals surface area contributed by atoms with Crippen LogP contribution in [0, 0.1) is 0 Å². The van der Waals surface area contributed by atoms with Crippen LogP contribution in [0.25, 0.3) is 0 Å². The number of esters is 1. The third-order valence-electron chi connectivity index (χ3n) is 4.71. The van der Waals surface area contributed by atoms with Crippen LogP contribution in [0.5, 0.6) is 0 Å². The normalized spacial score (nSPS) is 26.0. The van der Waals surface area contributed by atoms with Crippen molar-refractivity contribution in [2.75, 3.05) is 19.8 Å². The molecule has 1 aromatic rings. The second kappa shape index (κ2) is 7.23. The molecule has 1 N–H and O–H groups in total. The van der Waals surface area contributed by atoms with Gasteiger partial charge >= 0.3 is 12.0 Å². The largest absolute Gasteiger partial charge is 0.462 e. The summed E-state index contributed by atoms with van der Waals surface area (Å²) in [5.74, 6) is -1.04. The lowest BCUT2D eigenvalue weighted by atomic mass is 9.87. The van der Waals surface area contributed by atoms with Gasteiger partial charge in [0, 0.05) is 6.61 Å². The third kappa shape index (κ3) is 3.37. The minimum absolute atomic E-state index is 0.0916. The van der Waals surface area contributed by atoms with Crippen LogP contribution in [0.3, 0.4) is 0 Å². The molecule has 2 atom stereocenters. The molecule has 25 heavy (non-hydrogen) atoms. The Labute approximate surface area is 146 Å². The van der Waals surface area contributed by atoms with Gasteiger partial charge in [0.25, 0.3) is 5.91 Å². The van der Waals surface area contributed by atoms with Crippen LogP contribution >= 0.6 is 0 Å². The summed E-state index contributed by atoms with van der Waals surface area (Å²) in [6.45, 7) is 2.25. The van der Waals surface area contributed by atoms with Crippen molar-refractivity contribution in [1.82, 2.24) is 10.2 Å². The fourth-order valence-corrected chi connectivity index (χ4v) is 3.27. The van der Waals surface area contributed by atoms with Gasteiger partial charge in [-0.2, -0.15) is 0 Å². The second-order valence-electron chi connectivity index (χ2n) is 6.26. The Hall–Kier alpha value is -2.41. The Balaban J connectivity index is 1.67. The molecule has 0 unspecified atom stereocenters. The summed E-state index contributed by atoms with van der Waals surface area (Å²) in [7, 11) is 0. The molecule has 2 aliphatic rings. The first kappa shape index (κ1) is 17.4. The second-order valence-corrected chi connectivity index (χ2v) is 6.26. The molecule has 3 amide bonds. The van der Waals surface area contributed by atoms with Gasteiger partial charge in [0.15, 0.2) is 0 Å². The summed E-state index contributed by atoms with van der Waals surface area (Å²) >= 11 is 0. The molecule has 2 aliphatic heterocycles. The first-order valence-electron chi connectivity index (χ1n) is 8.53. The number of urea groups is 1.